The Morgan fingerprint density at radius 3 is 2.50 bits per heavy atom. The molecule has 0 amide bonds. The summed E-state index contributed by atoms with van der Waals surface area (Å²) >= 11 is 0.763. The molecule has 1 aromatic rings. The third-order valence-corrected chi connectivity index (χ3v) is 4.65. The van der Waals surface area contributed by atoms with E-state index in [4.69, 9.17) is 5.11 Å². The monoisotopic (exact) mass is 322 g/mol. The van der Waals surface area contributed by atoms with Gasteiger partial charge < -0.3 is 9.84 Å². The molecule has 112 valence electrons. The van der Waals surface area contributed by atoms with Gasteiger partial charge in [-0.3, -0.25) is 4.79 Å². The van der Waals surface area contributed by atoms with E-state index in [-0.39, 0.29) is 10.6 Å². The summed E-state index contributed by atoms with van der Waals surface area (Å²) in [6, 6.07) is -1.30. The molecule has 0 fully saturated rings. The quantitative estimate of drug-likeness (QED) is 0.723. The molecule has 0 aliphatic heterocycles. The van der Waals surface area contributed by atoms with Crippen LogP contribution in [0, 0.1) is 5.92 Å². The molecule has 0 aromatic carbocycles. The number of carboxylic acid groups (broad SMARTS) is 1. The van der Waals surface area contributed by atoms with Gasteiger partial charge >= 0.3 is 11.9 Å². The number of aliphatic carboxylic acids is 1. The lowest BCUT2D eigenvalue weighted by Gasteiger charge is -2.17. The fraction of sp³-hybridized carbons (Fsp3) is 0.500. The van der Waals surface area contributed by atoms with Gasteiger partial charge in [-0.05, 0) is 17.5 Å². The Labute approximate surface area is 120 Å². The molecule has 1 atom stereocenters. The van der Waals surface area contributed by atoms with E-state index in [0.29, 0.717) is 0 Å². The molecule has 0 saturated carbocycles. The minimum Gasteiger partial charge on any atom is -0.480 e. The van der Waals surface area contributed by atoms with Crippen LogP contribution in [0.2, 0.25) is 0 Å². The van der Waals surface area contributed by atoms with Crippen molar-refractivity contribution < 1.29 is 27.9 Å². The highest BCUT2D eigenvalue weighted by molar-refractivity contribution is 7.89. The first-order chi connectivity index (χ1) is 9.20. The second kappa shape index (κ2) is 6.29. The number of rotatable bonds is 6. The van der Waals surface area contributed by atoms with E-state index in [0.717, 1.165) is 24.0 Å². The van der Waals surface area contributed by atoms with Gasteiger partial charge in [0.1, 0.15) is 10.9 Å². The largest absolute Gasteiger partial charge is 0.480 e. The molecular weight excluding hydrogens is 308 g/mol. The molecule has 0 saturated heterocycles. The molecular formula is C10H14N2O6S2. The topological polar surface area (TPSA) is 123 Å². The first kappa shape index (κ1) is 16.5. The molecule has 1 heterocycles. The predicted octanol–water partition coefficient (Wildman–Crippen LogP) is 0.317. The van der Waals surface area contributed by atoms with Gasteiger partial charge in [-0.1, -0.05) is 13.8 Å². The fourth-order valence-electron chi connectivity index (χ4n) is 1.36. The summed E-state index contributed by atoms with van der Waals surface area (Å²) in [5.74, 6) is -2.66. The normalized spacial score (nSPS) is 13.2. The van der Waals surface area contributed by atoms with Crippen molar-refractivity contribution >= 4 is 33.5 Å². The van der Waals surface area contributed by atoms with Crippen molar-refractivity contribution in [3.63, 3.8) is 0 Å². The molecule has 0 unspecified atom stereocenters. The van der Waals surface area contributed by atoms with E-state index in [2.05, 4.69) is 9.11 Å². The Hall–Kier alpha value is -1.52. The number of carboxylic acids is 1. The SMILES string of the molecule is COC(=O)c1nscc1S(=O)(=O)N[C@H](C(=O)O)C(C)C. The number of carbonyl (C=O) groups excluding carboxylic acids is 1. The molecule has 1 rings (SSSR count). The van der Waals surface area contributed by atoms with Crippen LogP contribution in [-0.4, -0.2) is 43.0 Å². The molecule has 2 N–H and O–H groups in total. The standard InChI is InChI=1S/C10H14N2O6S2/c1-5(2)7(9(13)14)12-20(16,17)6-4-19-11-8(6)10(15)18-3/h4-5,7,12H,1-3H3,(H,13,14)/t7-/m0/s1. The van der Waals surface area contributed by atoms with Crippen molar-refractivity contribution in [1.82, 2.24) is 9.10 Å². The van der Waals surface area contributed by atoms with Gasteiger partial charge in [0.15, 0.2) is 5.69 Å². The highest BCUT2D eigenvalue weighted by Crippen LogP contribution is 2.19. The number of methoxy groups -OCH3 is 1. The smallest absolute Gasteiger partial charge is 0.359 e. The van der Waals surface area contributed by atoms with Crippen LogP contribution in [0.1, 0.15) is 24.3 Å². The summed E-state index contributed by atoms with van der Waals surface area (Å²) in [5, 5.41) is 10.1. The Morgan fingerprint density at radius 2 is 2.05 bits per heavy atom. The average molecular weight is 322 g/mol. The van der Waals surface area contributed by atoms with Crippen LogP contribution in [0.5, 0.6) is 0 Å². The maximum Gasteiger partial charge on any atom is 0.359 e. The second-order valence-corrected chi connectivity index (χ2v) is 6.51. The van der Waals surface area contributed by atoms with Crippen LogP contribution in [0.15, 0.2) is 10.3 Å². The van der Waals surface area contributed by atoms with Gasteiger partial charge in [0.05, 0.1) is 7.11 Å². The Balaban J connectivity index is 3.15. The van der Waals surface area contributed by atoms with E-state index < -0.39 is 33.9 Å². The van der Waals surface area contributed by atoms with Gasteiger partial charge in [0, 0.05) is 5.38 Å². The number of hydrogen-bond acceptors (Lipinski definition) is 7. The van der Waals surface area contributed by atoms with Crippen LogP contribution in [-0.2, 0) is 19.6 Å². The number of sulfonamides is 1. The first-order valence-corrected chi connectivity index (χ1v) is 7.80. The maximum absolute atomic E-state index is 12.1. The van der Waals surface area contributed by atoms with Crippen molar-refractivity contribution in [2.75, 3.05) is 7.11 Å². The summed E-state index contributed by atoms with van der Waals surface area (Å²) in [5.41, 5.74) is -0.363. The summed E-state index contributed by atoms with van der Waals surface area (Å²) in [4.78, 5) is 22.1. The van der Waals surface area contributed by atoms with E-state index >= 15 is 0 Å². The van der Waals surface area contributed by atoms with Crippen molar-refractivity contribution in [2.24, 2.45) is 5.92 Å². The van der Waals surface area contributed by atoms with E-state index in [1.165, 1.54) is 0 Å². The van der Waals surface area contributed by atoms with Gasteiger partial charge in [0.25, 0.3) is 0 Å². The van der Waals surface area contributed by atoms with E-state index in [9.17, 15) is 18.0 Å². The Morgan fingerprint density at radius 1 is 1.45 bits per heavy atom. The van der Waals surface area contributed by atoms with Crippen LogP contribution in [0.4, 0.5) is 0 Å². The third kappa shape index (κ3) is 3.52. The number of carbonyl (C=O) groups is 2. The van der Waals surface area contributed by atoms with Crippen molar-refractivity contribution in [2.45, 2.75) is 24.8 Å². The highest BCUT2D eigenvalue weighted by Gasteiger charge is 2.32. The lowest BCUT2D eigenvalue weighted by Crippen LogP contribution is -2.44. The van der Waals surface area contributed by atoms with Gasteiger partial charge in [-0.15, -0.1) is 0 Å². The molecule has 8 nitrogen and oxygen atoms in total. The highest BCUT2D eigenvalue weighted by atomic mass is 32.2. The Kier molecular flexibility index (Phi) is 5.20. The molecule has 1 aromatic heterocycles. The maximum atomic E-state index is 12.1. The summed E-state index contributed by atoms with van der Waals surface area (Å²) < 4.78 is 34.4. The third-order valence-electron chi connectivity index (χ3n) is 2.42. The molecule has 0 aliphatic carbocycles. The number of esters is 1. The van der Waals surface area contributed by atoms with E-state index in [1.807, 2.05) is 4.72 Å². The van der Waals surface area contributed by atoms with Gasteiger partial charge in [-0.25, -0.2) is 13.2 Å². The van der Waals surface area contributed by atoms with Gasteiger partial charge in [-0.2, -0.15) is 9.10 Å². The number of nitrogens with zero attached hydrogens (tertiary/aromatic N) is 1. The molecule has 0 bridgehead atoms. The molecule has 10 heteroatoms. The number of aromatic nitrogens is 1. The second-order valence-electron chi connectivity index (χ2n) is 4.20. The summed E-state index contributed by atoms with van der Waals surface area (Å²) in [6.45, 7) is 3.13. The Bertz CT molecular complexity index is 607. The van der Waals surface area contributed by atoms with Crippen LogP contribution in [0.25, 0.3) is 0 Å². The zero-order valence-corrected chi connectivity index (χ0v) is 12.6. The average Bonchev–Trinajstić information content (AvgIpc) is 2.84. The van der Waals surface area contributed by atoms with Gasteiger partial charge in [0.2, 0.25) is 10.0 Å². The zero-order valence-electron chi connectivity index (χ0n) is 11.0. The molecule has 0 radical (unpaired) electrons. The van der Waals surface area contributed by atoms with Crippen molar-refractivity contribution in [1.29, 1.82) is 0 Å². The van der Waals surface area contributed by atoms with Crippen LogP contribution >= 0.6 is 11.5 Å². The minimum absolute atomic E-state index is 0.363. The lowest BCUT2D eigenvalue weighted by molar-refractivity contribution is -0.140. The number of ether oxygens (including phenoxy) is 1. The predicted molar refractivity (Wildman–Crippen MR) is 70.0 cm³/mol. The zero-order chi connectivity index (χ0) is 15.5. The molecule has 0 aliphatic rings. The van der Waals surface area contributed by atoms with Crippen molar-refractivity contribution in [3.05, 3.63) is 11.1 Å². The first-order valence-electron chi connectivity index (χ1n) is 5.48. The number of hydrogen-bond donors (Lipinski definition) is 2. The lowest BCUT2D eigenvalue weighted by atomic mass is 10.1. The molecule has 0 spiro atoms. The van der Waals surface area contributed by atoms with Crippen LogP contribution < -0.4 is 4.72 Å². The molecule has 20 heavy (non-hydrogen) atoms. The fourth-order valence-corrected chi connectivity index (χ4v) is 3.80. The van der Waals surface area contributed by atoms with Crippen molar-refractivity contribution in [3.8, 4) is 0 Å². The van der Waals surface area contributed by atoms with E-state index in [1.54, 1.807) is 13.8 Å². The minimum atomic E-state index is -4.18. The summed E-state index contributed by atoms with van der Waals surface area (Å²) in [6.07, 6.45) is 0. The van der Waals surface area contributed by atoms with Crippen LogP contribution in [0.3, 0.4) is 0 Å². The summed E-state index contributed by atoms with van der Waals surface area (Å²) in [7, 11) is -3.08. The number of nitrogens with one attached hydrogen (secondary N) is 1.